The molecule has 0 saturated heterocycles. The van der Waals surface area contributed by atoms with Gasteiger partial charge in [0.2, 0.25) is 0 Å². The molecule has 1 unspecified atom stereocenters. The van der Waals surface area contributed by atoms with Crippen LogP contribution in [0.15, 0.2) is 46.2 Å². The molecule has 0 aliphatic heterocycles. The zero-order chi connectivity index (χ0) is 14.6. The lowest BCUT2D eigenvalue weighted by Crippen LogP contribution is -2.33. The van der Waals surface area contributed by atoms with E-state index in [9.17, 15) is 8.42 Å². The summed E-state index contributed by atoms with van der Waals surface area (Å²) in [6.45, 7) is 1.79. The number of pyridine rings is 1. The van der Waals surface area contributed by atoms with E-state index in [1.54, 1.807) is 25.3 Å². The highest BCUT2D eigenvalue weighted by atomic mass is 32.2. The molecule has 0 radical (unpaired) electrons. The topological polar surface area (TPSA) is 98.2 Å². The molecular formula is C13H17N3O3S. The van der Waals surface area contributed by atoms with Crippen molar-refractivity contribution in [3.63, 3.8) is 0 Å². The van der Waals surface area contributed by atoms with E-state index < -0.39 is 10.0 Å². The molecule has 2 aromatic rings. The second-order valence-electron chi connectivity index (χ2n) is 4.54. The monoisotopic (exact) mass is 295 g/mol. The molecule has 3 N–H and O–H groups in total. The van der Waals surface area contributed by atoms with Gasteiger partial charge in [0.05, 0.1) is 12.0 Å². The summed E-state index contributed by atoms with van der Waals surface area (Å²) in [5.74, 6) is 0.827. The lowest BCUT2D eigenvalue weighted by molar-refractivity contribution is 0.479. The summed E-state index contributed by atoms with van der Waals surface area (Å²) in [4.78, 5) is 3.82. The first kappa shape index (κ1) is 14.5. The summed E-state index contributed by atoms with van der Waals surface area (Å²) >= 11 is 0. The molecule has 2 aromatic heterocycles. The number of rotatable bonds is 6. The summed E-state index contributed by atoms with van der Waals surface area (Å²) in [7, 11) is -3.70. The molecule has 2 rings (SSSR count). The number of aryl methyl sites for hydroxylation is 1. The van der Waals surface area contributed by atoms with Crippen LogP contribution in [0.1, 0.15) is 19.1 Å². The van der Waals surface area contributed by atoms with Crippen LogP contribution >= 0.6 is 0 Å². The van der Waals surface area contributed by atoms with E-state index in [-0.39, 0.29) is 16.8 Å². The van der Waals surface area contributed by atoms with Crippen LogP contribution in [0.2, 0.25) is 0 Å². The van der Waals surface area contributed by atoms with Gasteiger partial charge in [-0.1, -0.05) is 0 Å². The third-order valence-electron chi connectivity index (χ3n) is 2.82. The number of nitrogens with two attached hydrogens (primary N) is 1. The molecule has 7 heteroatoms. The van der Waals surface area contributed by atoms with E-state index in [1.165, 1.54) is 12.3 Å². The van der Waals surface area contributed by atoms with Crippen molar-refractivity contribution in [3.8, 4) is 0 Å². The van der Waals surface area contributed by atoms with E-state index in [0.717, 1.165) is 5.76 Å². The van der Waals surface area contributed by atoms with Crippen LogP contribution in [0.25, 0.3) is 0 Å². The number of anilines is 1. The Labute approximate surface area is 118 Å². The number of furan rings is 1. The van der Waals surface area contributed by atoms with Crippen molar-refractivity contribution in [1.29, 1.82) is 0 Å². The standard InChI is InChI=1S/C13H17N3O3S/c1-10(6-7-11-4-3-9-19-11)16-20(17,18)13-12(14)5-2-8-15-13/h2-5,8-10,16H,6-7,14H2,1H3. The third kappa shape index (κ3) is 3.58. The van der Waals surface area contributed by atoms with Crippen molar-refractivity contribution in [2.75, 3.05) is 5.73 Å². The fourth-order valence-corrected chi connectivity index (χ4v) is 3.16. The van der Waals surface area contributed by atoms with Crippen molar-refractivity contribution in [2.24, 2.45) is 0 Å². The van der Waals surface area contributed by atoms with Gasteiger partial charge in [-0.3, -0.25) is 0 Å². The Morgan fingerprint density at radius 1 is 1.40 bits per heavy atom. The minimum atomic E-state index is -3.70. The molecule has 0 aliphatic rings. The molecule has 2 heterocycles. The Hall–Kier alpha value is -1.86. The van der Waals surface area contributed by atoms with E-state index >= 15 is 0 Å². The zero-order valence-electron chi connectivity index (χ0n) is 11.1. The summed E-state index contributed by atoms with van der Waals surface area (Å²) in [5, 5.41) is -0.134. The second-order valence-corrected chi connectivity index (χ2v) is 6.17. The molecule has 20 heavy (non-hydrogen) atoms. The highest BCUT2D eigenvalue weighted by Gasteiger charge is 2.21. The van der Waals surface area contributed by atoms with Gasteiger partial charge < -0.3 is 10.2 Å². The zero-order valence-corrected chi connectivity index (χ0v) is 11.9. The summed E-state index contributed by atoms with van der Waals surface area (Å²) in [6.07, 6.45) is 4.28. The van der Waals surface area contributed by atoms with Crippen LogP contribution in [0, 0.1) is 0 Å². The maximum absolute atomic E-state index is 12.1. The van der Waals surface area contributed by atoms with Gasteiger partial charge in [0.25, 0.3) is 10.0 Å². The molecule has 0 amide bonds. The predicted molar refractivity (Wildman–Crippen MR) is 75.5 cm³/mol. The fraction of sp³-hybridized carbons (Fsp3) is 0.308. The van der Waals surface area contributed by atoms with Gasteiger partial charge in [0, 0.05) is 18.7 Å². The van der Waals surface area contributed by atoms with Crippen LogP contribution in [0.5, 0.6) is 0 Å². The highest BCUT2D eigenvalue weighted by Crippen LogP contribution is 2.15. The minimum Gasteiger partial charge on any atom is -0.469 e. The highest BCUT2D eigenvalue weighted by molar-refractivity contribution is 7.89. The number of nitrogens with one attached hydrogen (secondary N) is 1. The molecule has 6 nitrogen and oxygen atoms in total. The van der Waals surface area contributed by atoms with E-state index in [1.807, 2.05) is 6.07 Å². The third-order valence-corrected chi connectivity index (χ3v) is 4.38. The number of hydrogen-bond acceptors (Lipinski definition) is 5. The van der Waals surface area contributed by atoms with Crippen LogP contribution in [0.3, 0.4) is 0 Å². The second kappa shape index (κ2) is 6.06. The van der Waals surface area contributed by atoms with E-state index in [0.29, 0.717) is 12.8 Å². The molecule has 0 aromatic carbocycles. The maximum atomic E-state index is 12.1. The molecule has 0 spiro atoms. The van der Waals surface area contributed by atoms with E-state index in [4.69, 9.17) is 10.2 Å². The molecule has 0 bridgehead atoms. The number of sulfonamides is 1. The molecule has 0 saturated carbocycles. The lowest BCUT2D eigenvalue weighted by Gasteiger charge is -2.13. The summed E-state index contributed by atoms with van der Waals surface area (Å²) < 4.78 is 32.1. The van der Waals surface area contributed by atoms with Gasteiger partial charge in [-0.05, 0) is 37.6 Å². The fourth-order valence-electron chi connectivity index (χ4n) is 1.82. The van der Waals surface area contributed by atoms with Crippen molar-refractivity contribution in [1.82, 2.24) is 9.71 Å². The Morgan fingerprint density at radius 2 is 2.20 bits per heavy atom. The van der Waals surface area contributed by atoms with Gasteiger partial charge in [-0.25, -0.2) is 18.1 Å². The van der Waals surface area contributed by atoms with Crippen molar-refractivity contribution < 1.29 is 12.8 Å². The predicted octanol–water partition coefficient (Wildman–Crippen LogP) is 1.56. The quantitative estimate of drug-likeness (QED) is 0.842. The molecule has 1 atom stereocenters. The first-order valence-electron chi connectivity index (χ1n) is 6.24. The molecular weight excluding hydrogens is 278 g/mol. The Kier molecular flexibility index (Phi) is 4.41. The van der Waals surface area contributed by atoms with Gasteiger partial charge in [0.1, 0.15) is 5.76 Å². The lowest BCUT2D eigenvalue weighted by atomic mass is 10.2. The van der Waals surface area contributed by atoms with Crippen LogP contribution in [0.4, 0.5) is 5.69 Å². The van der Waals surface area contributed by atoms with Crippen LogP contribution in [-0.2, 0) is 16.4 Å². The number of nitrogen functional groups attached to an aromatic ring is 1. The van der Waals surface area contributed by atoms with E-state index in [2.05, 4.69) is 9.71 Å². The van der Waals surface area contributed by atoms with Gasteiger partial charge in [0.15, 0.2) is 5.03 Å². The molecule has 0 fully saturated rings. The van der Waals surface area contributed by atoms with Gasteiger partial charge in [-0.15, -0.1) is 0 Å². The van der Waals surface area contributed by atoms with Crippen LogP contribution < -0.4 is 10.5 Å². The number of nitrogens with zero attached hydrogens (tertiary/aromatic N) is 1. The van der Waals surface area contributed by atoms with Crippen molar-refractivity contribution in [2.45, 2.75) is 30.8 Å². The summed E-state index contributed by atoms with van der Waals surface area (Å²) in [5.41, 5.74) is 5.77. The summed E-state index contributed by atoms with van der Waals surface area (Å²) in [6, 6.07) is 6.52. The van der Waals surface area contributed by atoms with Crippen LogP contribution in [-0.4, -0.2) is 19.4 Å². The number of hydrogen-bond donors (Lipinski definition) is 2. The largest absolute Gasteiger partial charge is 0.469 e. The molecule has 0 aliphatic carbocycles. The average molecular weight is 295 g/mol. The van der Waals surface area contributed by atoms with Crippen molar-refractivity contribution >= 4 is 15.7 Å². The Morgan fingerprint density at radius 3 is 2.85 bits per heavy atom. The Balaban J connectivity index is 1.99. The van der Waals surface area contributed by atoms with Gasteiger partial charge >= 0.3 is 0 Å². The first-order valence-corrected chi connectivity index (χ1v) is 7.72. The molecule has 108 valence electrons. The SMILES string of the molecule is CC(CCc1ccco1)NS(=O)(=O)c1ncccc1N. The maximum Gasteiger partial charge on any atom is 0.260 e. The smallest absolute Gasteiger partial charge is 0.260 e. The van der Waals surface area contributed by atoms with Crippen molar-refractivity contribution in [3.05, 3.63) is 42.5 Å². The normalized spacial score (nSPS) is 13.2. The minimum absolute atomic E-state index is 0.134. The van der Waals surface area contributed by atoms with Gasteiger partial charge in [-0.2, -0.15) is 0 Å². The Bertz CT molecular complexity index is 653. The average Bonchev–Trinajstić information content (AvgIpc) is 2.89. The number of aromatic nitrogens is 1. The first-order chi connectivity index (χ1) is 9.49.